The van der Waals surface area contributed by atoms with Gasteiger partial charge in [0.15, 0.2) is 0 Å². The number of benzene rings is 1. The third-order valence-electron chi connectivity index (χ3n) is 3.80. The van der Waals surface area contributed by atoms with Gasteiger partial charge in [-0.1, -0.05) is 12.1 Å². The van der Waals surface area contributed by atoms with Crippen molar-refractivity contribution in [2.45, 2.75) is 6.54 Å². The maximum Gasteiger partial charge on any atom is 0.251 e. The van der Waals surface area contributed by atoms with Gasteiger partial charge in [0, 0.05) is 30.1 Å². The van der Waals surface area contributed by atoms with Gasteiger partial charge in [0.1, 0.15) is 0 Å². The summed E-state index contributed by atoms with van der Waals surface area (Å²) in [6.45, 7) is 0.411. The lowest BCUT2D eigenvalue weighted by molar-refractivity contribution is 0.0951. The van der Waals surface area contributed by atoms with Gasteiger partial charge in [-0.25, -0.2) is 4.68 Å². The molecule has 0 bridgehead atoms. The van der Waals surface area contributed by atoms with Crippen LogP contribution in [0.4, 0.5) is 0 Å². The number of nitrogens with zero attached hydrogens (tertiary/aromatic N) is 3. The lowest BCUT2D eigenvalue weighted by Gasteiger charge is -2.07. The minimum atomic E-state index is -0.132. The molecule has 0 aliphatic heterocycles. The van der Waals surface area contributed by atoms with Gasteiger partial charge >= 0.3 is 0 Å². The van der Waals surface area contributed by atoms with Gasteiger partial charge in [0.25, 0.3) is 5.91 Å². The van der Waals surface area contributed by atoms with Gasteiger partial charge < -0.3 is 5.32 Å². The number of hydrogen-bond acceptors (Lipinski definition) is 4. The van der Waals surface area contributed by atoms with Crippen LogP contribution < -0.4 is 5.32 Å². The first-order chi connectivity index (χ1) is 12.3. The molecule has 1 amide bonds. The second-order valence-electron chi connectivity index (χ2n) is 5.43. The summed E-state index contributed by atoms with van der Waals surface area (Å²) >= 11 is 1.63. The Labute approximate surface area is 148 Å². The van der Waals surface area contributed by atoms with E-state index < -0.39 is 0 Å². The number of carbonyl (C=O) groups is 1. The first kappa shape index (κ1) is 15.3. The van der Waals surface area contributed by atoms with E-state index in [0.29, 0.717) is 12.1 Å². The van der Waals surface area contributed by atoms with Crippen molar-refractivity contribution >= 4 is 17.2 Å². The molecule has 4 rings (SSSR count). The van der Waals surface area contributed by atoms with Crippen LogP contribution in [0.2, 0.25) is 0 Å². The van der Waals surface area contributed by atoms with E-state index in [2.05, 4.69) is 20.6 Å². The number of hydrogen-bond donors (Lipinski definition) is 2. The van der Waals surface area contributed by atoms with Crippen LogP contribution in [-0.2, 0) is 6.54 Å². The van der Waals surface area contributed by atoms with Crippen LogP contribution in [0.1, 0.15) is 15.9 Å². The lowest BCUT2D eigenvalue weighted by Crippen LogP contribution is -2.23. The molecule has 3 heterocycles. The first-order valence-electron chi connectivity index (χ1n) is 7.75. The lowest BCUT2D eigenvalue weighted by atomic mass is 10.1. The molecule has 0 radical (unpaired) electrons. The van der Waals surface area contributed by atoms with Crippen molar-refractivity contribution < 1.29 is 4.79 Å². The van der Waals surface area contributed by atoms with Gasteiger partial charge in [-0.3, -0.25) is 9.89 Å². The Morgan fingerprint density at radius 2 is 2.20 bits per heavy atom. The Kier molecular flexibility index (Phi) is 4.14. The molecular weight excluding hydrogens is 334 g/mol. The SMILES string of the molecule is O=C(NCc1cn[nH]c1-c1cccs1)c1cccc(-n2cccn2)c1. The summed E-state index contributed by atoms with van der Waals surface area (Å²) in [5, 5.41) is 16.2. The molecule has 7 heteroatoms. The number of amides is 1. The summed E-state index contributed by atoms with van der Waals surface area (Å²) in [5.41, 5.74) is 3.34. The van der Waals surface area contributed by atoms with Crippen LogP contribution in [-0.4, -0.2) is 25.9 Å². The summed E-state index contributed by atoms with van der Waals surface area (Å²) in [4.78, 5) is 13.6. The average Bonchev–Trinajstić information content (AvgIpc) is 3.41. The van der Waals surface area contributed by atoms with Gasteiger partial charge in [-0.05, 0) is 35.7 Å². The molecule has 1 aromatic carbocycles. The molecular formula is C18H15N5OS. The largest absolute Gasteiger partial charge is 0.348 e. The van der Waals surface area contributed by atoms with Crippen molar-refractivity contribution in [1.29, 1.82) is 0 Å². The van der Waals surface area contributed by atoms with Crippen LogP contribution >= 0.6 is 11.3 Å². The normalized spacial score (nSPS) is 10.7. The van der Waals surface area contributed by atoms with Crippen molar-refractivity contribution in [2.24, 2.45) is 0 Å². The van der Waals surface area contributed by atoms with E-state index in [9.17, 15) is 4.79 Å². The van der Waals surface area contributed by atoms with Crippen molar-refractivity contribution in [3.8, 4) is 16.3 Å². The Morgan fingerprint density at radius 3 is 3.00 bits per heavy atom. The maximum absolute atomic E-state index is 12.5. The zero-order chi connectivity index (χ0) is 17.1. The molecule has 124 valence electrons. The van der Waals surface area contributed by atoms with E-state index in [1.54, 1.807) is 34.5 Å². The van der Waals surface area contributed by atoms with Crippen LogP contribution in [0.15, 0.2) is 66.4 Å². The second kappa shape index (κ2) is 6.74. The van der Waals surface area contributed by atoms with Crippen molar-refractivity contribution in [2.75, 3.05) is 0 Å². The second-order valence-corrected chi connectivity index (χ2v) is 6.38. The molecule has 0 aliphatic rings. The summed E-state index contributed by atoms with van der Waals surface area (Å²) in [6.07, 6.45) is 5.29. The Morgan fingerprint density at radius 1 is 1.24 bits per heavy atom. The number of aromatic nitrogens is 4. The molecule has 3 aromatic heterocycles. The first-order valence-corrected chi connectivity index (χ1v) is 8.63. The van der Waals surface area contributed by atoms with Crippen molar-refractivity contribution in [1.82, 2.24) is 25.3 Å². The molecule has 2 N–H and O–H groups in total. The molecule has 4 aromatic rings. The van der Waals surface area contributed by atoms with Gasteiger partial charge in [-0.2, -0.15) is 10.2 Å². The van der Waals surface area contributed by atoms with Crippen LogP contribution in [0.5, 0.6) is 0 Å². The van der Waals surface area contributed by atoms with E-state index in [4.69, 9.17) is 0 Å². The number of aromatic amines is 1. The molecule has 25 heavy (non-hydrogen) atoms. The number of thiophene rings is 1. The van der Waals surface area contributed by atoms with Crippen molar-refractivity contribution in [3.05, 3.63) is 77.6 Å². The quantitative estimate of drug-likeness (QED) is 0.581. The maximum atomic E-state index is 12.5. The predicted octanol–water partition coefficient (Wildman–Crippen LogP) is 3.25. The van der Waals surface area contributed by atoms with Gasteiger partial charge in [0.05, 0.1) is 22.5 Å². The van der Waals surface area contributed by atoms with Crippen LogP contribution in [0, 0.1) is 0 Å². The Balaban J connectivity index is 1.49. The van der Waals surface area contributed by atoms with E-state index >= 15 is 0 Å². The molecule has 0 fully saturated rings. The summed E-state index contributed by atoms with van der Waals surface area (Å²) in [5.74, 6) is -0.132. The zero-order valence-electron chi connectivity index (χ0n) is 13.2. The molecule has 0 spiro atoms. The third kappa shape index (κ3) is 3.22. The highest BCUT2D eigenvalue weighted by atomic mass is 32.1. The molecule has 0 aliphatic carbocycles. The molecule has 6 nitrogen and oxygen atoms in total. The van der Waals surface area contributed by atoms with E-state index in [1.165, 1.54) is 0 Å². The zero-order valence-corrected chi connectivity index (χ0v) is 14.0. The minimum absolute atomic E-state index is 0.132. The van der Waals surface area contributed by atoms with E-state index in [1.807, 2.05) is 48.0 Å². The predicted molar refractivity (Wildman–Crippen MR) is 96.6 cm³/mol. The summed E-state index contributed by atoms with van der Waals surface area (Å²) < 4.78 is 1.72. The monoisotopic (exact) mass is 349 g/mol. The molecule has 0 saturated carbocycles. The topological polar surface area (TPSA) is 75.6 Å². The Bertz CT molecular complexity index is 973. The number of H-pyrrole nitrogens is 1. The van der Waals surface area contributed by atoms with E-state index in [0.717, 1.165) is 21.8 Å². The molecule has 0 saturated heterocycles. The molecule has 0 atom stereocenters. The van der Waals surface area contributed by atoms with E-state index in [-0.39, 0.29) is 5.91 Å². The highest BCUT2D eigenvalue weighted by Crippen LogP contribution is 2.25. The smallest absolute Gasteiger partial charge is 0.251 e. The number of carbonyl (C=O) groups excluding carboxylic acids is 1. The fourth-order valence-electron chi connectivity index (χ4n) is 2.57. The average molecular weight is 349 g/mol. The number of rotatable bonds is 5. The summed E-state index contributed by atoms with van der Waals surface area (Å²) in [6, 6.07) is 13.2. The van der Waals surface area contributed by atoms with Gasteiger partial charge in [0.2, 0.25) is 0 Å². The minimum Gasteiger partial charge on any atom is -0.348 e. The highest BCUT2D eigenvalue weighted by Gasteiger charge is 2.11. The standard InChI is InChI=1S/C18H15N5OS/c24-18(13-4-1-5-15(10-13)23-8-3-7-21-23)19-11-14-12-20-22-17(14)16-6-2-9-25-16/h1-10,12H,11H2,(H,19,24)(H,20,22). The fraction of sp³-hybridized carbons (Fsp3) is 0.0556. The highest BCUT2D eigenvalue weighted by molar-refractivity contribution is 7.13. The van der Waals surface area contributed by atoms with Crippen molar-refractivity contribution in [3.63, 3.8) is 0 Å². The Hall–Kier alpha value is -3.19. The number of nitrogens with one attached hydrogen (secondary N) is 2. The van der Waals surface area contributed by atoms with Gasteiger partial charge in [-0.15, -0.1) is 11.3 Å². The summed E-state index contributed by atoms with van der Waals surface area (Å²) in [7, 11) is 0. The van der Waals surface area contributed by atoms with Crippen LogP contribution in [0.25, 0.3) is 16.3 Å². The third-order valence-corrected chi connectivity index (χ3v) is 4.69. The van der Waals surface area contributed by atoms with Crippen LogP contribution in [0.3, 0.4) is 0 Å². The fourth-order valence-corrected chi connectivity index (χ4v) is 3.32. The molecule has 0 unspecified atom stereocenters.